The summed E-state index contributed by atoms with van der Waals surface area (Å²) in [6.07, 6.45) is -0.446. The Balaban J connectivity index is 2.49. The van der Waals surface area contributed by atoms with Crippen LogP contribution in [0.1, 0.15) is 11.7 Å². The SMILES string of the molecule is COc1cc(OC)c([C@@H]2N=C(N)NC(=S)N2)cc1OC. The van der Waals surface area contributed by atoms with Gasteiger partial charge in [-0.05, 0) is 18.3 Å². The Bertz CT molecular complexity index is 562. The largest absolute Gasteiger partial charge is 0.496 e. The number of ether oxygens (including phenoxy) is 3. The summed E-state index contributed by atoms with van der Waals surface area (Å²) in [6.45, 7) is 0. The van der Waals surface area contributed by atoms with Crippen LogP contribution in [0.15, 0.2) is 17.1 Å². The molecule has 1 aromatic carbocycles. The van der Waals surface area contributed by atoms with Gasteiger partial charge in [0.25, 0.3) is 0 Å². The molecule has 20 heavy (non-hydrogen) atoms. The Hall–Kier alpha value is -2.22. The number of guanidine groups is 1. The van der Waals surface area contributed by atoms with Crippen molar-refractivity contribution < 1.29 is 14.2 Å². The number of nitrogens with two attached hydrogens (primary N) is 1. The third kappa shape index (κ3) is 2.69. The number of nitrogens with zero attached hydrogens (tertiary/aromatic N) is 1. The Morgan fingerprint density at radius 2 is 1.70 bits per heavy atom. The molecule has 8 heteroatoms. The molecule has 1 atom stereocenters. The maximum Gasteiger partial charge on any atom is 0.197 e. The lowest BCUT2D eigenvalue weighted by molar-refractivity contribution is 0.346. The van der Waals surface area contributed by atoms with E-state index in [1.165, 1.54) is 0 Å². The summed E-state index contributed by atoms with van der Waals surface area (Å²) in [5.74, 6) is 1.99. The lowest BCUT2D eigenvalue weighted by Gasteiger charge is -2.25. The second-order valence-corrected chi connectivity index (χ2v) is 4.37. The third-order valence-electron chi connectivity index (χ3n) is 2.81. The van der Waals surface area contributed by atoms with Gasteiger partial charge in [-0.25, -0.2) is 4.99 Å². The molecule has 0 saturated heterocycles. The van der Waals surface area contributed by atoms with Gasteiger partial charge in [0.2, 0.25) is 0 Å². The molecule has 0 saturated carbocycles. The van der Waals surface area contributed by atoms with Crippen molar-refractivity contribution in [3.8, 4) is 17.2 Å². The molecular formula is C12H16N4O3S. The average Bonchev–Trinajstić information content (AvgIpc) is 2.44. The van der Waals surface area contributed by atoms with Gasteiger partial charge in [-0.1, -0.05) is 0 Å². The lowest BCUT2D eigenvalue weighted by atomic mass is 10.1. The quantitative estimate of drug-likeness (QED) is 0.697. The molecule has 108 valence electrons. The van der Waals surface area contributed by atoms with Gasteiger partial charge in [-0.2, -0.15) is 0 Å². The van der Waals surface area contributed by atoms with Crippen LogP contribution in [0.3, 0.4) is 0 Å². The fourth-order valence-electron chi connectivity index (χ4n) is 1.89. The molecule has 1 aliphatic heterocycles. The number of thiocarbonyl (C=S) groups is 1. The van der Waals surface area contributed by atoms with Crippen LogP contribution in [-0.2, 0) is 0 Å². The fourth-order valence-corrected chi connectivity index (χ4v) is 2.11. The lowest BCUT2D eigenvalue weighted by Crippen LogP contribution is -2.49. The molecule has 1 aliphatic rings. The molecular weight excluding hydrogens is 280 g/mol. The van der Waals surface area contributed by atoms with Crippen molar-refractivity contribution in [2.45, 2.75) is 6.17 Å². The van der Waals surface area contributed by atoms with Crippen molar-refractivity contribution in [3.63, 3.8) is 0 Å². The number of methoxy groups -OCH3 is 3. The van der Waals surface area contributed by atoms with E-state index in [1.807, 2.05) is 0 Å². The molecule has 0 radical (unpaired) electrons. The van der Waals surface area contributed by atoms with Crippen molar-refractivity contribution in [1.82, 2.24) is 10.6 Å². The molecule has 0 spiro atoms. The first-order valence-corrected chi connectivity index (χ1v) is 6.20. The summed E-state index contributed by atoms with van der Waals surface area (Å²) in [7, 11) is 4.69. The number of benzene rings is 1. The molecule has 1 heterocycles. The van der Waals surface area contributed by atoms with Gasteiger partial charge in [0.1, 0.15) is 5.75 Å². The van der Waals surface area contributed by atoms with Gasteiger partial charge >= 0.3 is 0 Å². The van der Waals surface area contributed by atoms with E-state index >= 15 is 0 Å². The maximum atomic E-state index is 5.69. The van der Waals surface area contributed by atoms with E-state index < -0.39 is 6.17 Å². The van der Waals surface area contributed by atoms with Crippen LogP contribution >= 0.6 is 12.2 Å². The molecule has 0 aliphatic carbocycles. The Morgan fingerprint density at radius 3 is 2.25 bits per heavy atom. The topological polar surface area (TPSA) is 90.1 Å². The van der Waals surface area contributed by atoms with E-state index in [-0.39, 0.29) is 5.96 Å². The molecule has 0 fully saturated rings. The second-order valence-electron chi connectivity index (χ2n) is 3.96. The van der Waals surface area contributed by atoms with Gasteiger partial charge < -0.3 is 30.6 Å². The number of rotatable bonds is 4. The number of aliphatic imine (C=N–C) groups is 1. The zero-order valence-corrected chi connectivity index (χ0v) is 12.2. The third-order valence-corrected chi connectivity index (χ3v) is 3.03. The van der Waals surface area contributed by atoms with E-state index in [2.05, 4.69) is 15.6 Å². The van der Waals surface area contributed by atoms with Gasteiger partial charge in [0.05, 0.1) is 21.3 Å². The van der Waals surface area contributed by atoms with Crippen molar-refractivity contribution in [3.05, 3.63) is 17.7 Å². The van der Waals surface area contributed by atoms with Crippen LogP contribution in [-0.4, -0.2) is 32.4 Å². The van der Waals surface area contributed by atoms with Gasteiger partial charge in [-0.3, -0.25) is 0 Å². The van der Waals surface area contributed by atoms with Crippen molar-refractivity contribution in [2.75, 3.05) is 21.3 Å². The fraction of sp³-hybridized carbons (Fsp3) is 0.333. The number of nitrogens with one attached hydrogen (secondary N) is 2. The number of hydrogen-bond acceptors (Lipinski definition) is 6. The molecule has 4 N–H and O–H groups in total. The summed E-state index contributed by atoms with van der Waals surface area (Å²) < 4.78 is 15.9. The molecule has 0 bridgehead atoms. The average molecular weight is 296 g/mol. The van der Waals surface area contributed by atoms with Crippen LogP contribution in [0.25, 0.3) is 0 Å². The first kappa shape index (κ1) is 14.2. The zero-order valence-electron chi connectivity index (χ0n) is 11.4. The van der Waals surface area contributed by atoms with Crippen molar-refractivity contribution >= 4 is 23.3 Å². The molecule has 2 rings (SSSR count). The summed E-state index contributed by atoms with van der Waals surface area (Å²) in [4.78, 5) is 4.25. The summed E-state index contributed by atoms with van der Waals surface area (Å²) in [5.41, 5.74) is 6.43. The smallest absolute Gasteiger partial charge is 0.197 e. The maximum absolute atomic E-state index is 5.69. The molecule has 1 aromatic rings. The molecule has 7 nitrogen and oxygen atoms in total. The highest BCUT2D eigenvalue weighted by Crippen LogP contribution is 2.38. The van der Waals surface area contributed by atoms with E-state index in [0.717, 1.165) is 5.56 Å². The minimum Gasteiger partial charge on any atom is -0.496 e. The minimum atomic E-state index is -0.446. The summed E-state index contributed by atoms with van der Waals surface area (Å²) in [6, 6.07) is 3.51. The summed E-state index contributed by atoms with van der Waals surface area (Å²) in [5, 5.41) is 6.12. The first-order chi connectivity index (χ1) is 9.58. The van der Waals surface area contributed by atoms with Gasteiger partial charge in [-0.15, -0.1) is 0 Å². The Kier molecular flexibility index (Phi) is 4.14. The predicted octanol–water partition coefficient (Wildman–Crippen LogP) is 0.503. The highest BCUT2D eigenvalue weighted by molar-refractivity contribution is 7.80. The van der Waals surface area contributed by atoms with Gasteiger partial charge in [0, 0.05) is 11.6 Å². The van der Waals surface area contributed by atoms with E-state index in [0.29, 0.717) is 22.4 Å². The molecule has 0 aromatic heterocycles. The highest BCUT2D eigenvalue weighted by Gasteiger charge is 2.23. The minimum absolute atomic E-state index is 0.246. The van der Waals surface area contributed by atoms with Crippen LogP contribution in [0.2, 0.25) is 0 Å². The van der Waals surface area contributed by atoms with Crippen LogP contribution in [0, 0.1) is 0 Å². The normalized spacial score (nSPS) is 17.6. The van der Waals surface area contributed by atoms with E-state index in [1.54, 1.807) is 33.5 Å². The van der Waals surface area contributed by atoms with Crippen molar-refractivity contribution in [1.29, 1.82) is 0 Å². The zero-order chi connectivity index (χ0) is 14.7. The first-order valence-electron chi connectivity index (χ1n) is 5.79. The van der Waals surface area contributed by atoms with E-state index in [9.17, 15) is 0 Å². The Labute approximate surface area is 122 Å². The Morgan fingerprint density at radius 1 is 1.10 bits per heavy atom. The van der Waals surface area contributed by atoms with E-state index in [4.69, 9.17) is 32.2 Å². The predicted molar refractivity (Wildman–Crippen MR) is 79.3 cm³/mol. The summed E-state index contributed by atoms with van der Waals surface area (Å²) >= 11 is 5.07. The second kappa shape index (κ2) is 5.83. The van der Waals surface area contributed by atoms with Crippen LogP contribution in [0.4, 0.5) is 0 Å². The van der Waals surface area contributed by atoms with Crippen molar-refractivity contribution in [2.24, 2.45) is 10.7 Å². The molecule has 0 amide bonds. The standard InChI is InChI=1S/C12H16N4O3S/c1-17-7-5-9(19-3)8(18-2)4-6(7)10-14-11(13)16-12(20)15-10/h4-5,10H,1-3H3,(H4,13,14,15,16,20)/t10-/m1/s1. The van der Waals surface area contributed by atoms with Gasteiger partial charge in [0.15, 0.2) is 28.7 Å². The highest BCUT2D eigenvalue weighted by atomic mass is 32.1. The van der Waals surface area contributed by atoms with Crippen LogP contribution in [0.5, 0.6) is 17.2 Å². The monoisotopic (exact) mass is 296 g/mol. The number of hydrogen-bond donors (Lipinski definition) is 3. The molecule has 0 unspecified atom stereocenters. The van der Waals surface area contributed by atoms with Crippen LogP contribution < -0.4 is 30.6 Å².